The maximum absolute atomic E-state index is 11.5. The second-order valence-corrected chi connectivity index (χ2v) is 3.81. The Morgan fingerprint density at radius 3 is 3.07 bits per heavy atom. The molecule has 0 aromatic carbocycles. The summed E-state index contributed by atoms with van der Waals surface area (Å²) in [5.74, 6) is -0.269. The monoisotopic (exact) mass is 277 g/mol. The van der Waals surface area contributed by atoms with Crippen molar-refractivity contribution in [2.24, 2.45) is 5.73 Å². The molecule has 0 aliphatic heterocycles. The van der Waals surface area contributed by atoms with Gasteiger partial charge in [-0.2, -0.15) is 0 Å². The number of hydrogen-bond donors (Lipinski definition) is 2. The van der Waals surface area contributed by atoms with Crippen LogP contribution in [0.25, 0.3) is 0 Å². The summed E-state index contributed by atoms with van der Waals surface area (Å²) < 4.78 is 0.708. The van der Waals surface area contributed by atoms with Crippen molar-refractivity contribution in [1.29, 1.82) is 0 Å². The highest BCUT2D eigenvalue weighted by Gasteiger charge is 2.10. The minimum absolute atomic E-state index is 0.183. The maximum atomic E-state index is 11.5. The highest BCUT2D eigenvalue weighted by atomic mass is 79.9. The fourth-order valence-electron chi connectivity index (χ4n) is 0.863. The van der Waals surface area contributed by atoms with Crippen LogP contribution >= 0.6 is 27.5 Å². The normalized spacial score (nSPS) is 9.93. The van der Waals surface area contributed by atoms with E-state index in [1.54, 1.807) is 6.07 Å². The molecule has 14 heavy (non-hydrogen) atoms. The molecule has 0 bridgehead atoms. The molecule has 1 rings (SSSR count). The van der Waals surface area contributed by atoms with E-state index in [1.807, 2.05) is 0 Å². The molecular weight excluding hydrogens is 269 g/mol. The average molecular weight is 279 g/mol. The first-order valence-electron chi connectivity index (χ1n) is 3.94. The Balaban J connectivity index is 2.83. The van der Waals surface area contributed by atoms with E-state index in [1.165, 1.54) is 6.20 Å². The van der Waals surface area contributed by atoms with Crippen LogP contribution in [0.1, 0.15) is 10.4 Å². The molecule has 0 aliphatic rings. The number of nitrogens with two attached hydrogens (primary N) is 1. The molecule has 76 valence electrons. The molecule has 0 radical (unpaired) electrons. The predicted molar refractivity (Wildman–Crippen MR) is 58.3 cm³/mol. The number of aromatic nitrogens is 1. The molecule has 0 aliphatic carbocycles. The molecule has 1 aromatic rings. The molecule has 1 heterocycles. The number of nitrogens with zero attached hydrogens (tertiary/aromatic N) is 1. The van der Waals surface area contributed by atoms with Crippen LogP contribution in [0.15, 0.2) is 16.7 Å². The third kappa shape index (κ3) is 2.94. The number of carbonyl (C=O) groups is 1. The van der Waals surface area contributed by atoms with E-state index in [-0.39, 0.29) is 11.1 Å². The molecule has 3 N–H and O–H groups in total. The van der Waals surface area contributed by atoms with Crippen molar-refractivity contribution in [3.05, 3.63) is 27.5 Å². The Bertz CT molecular complexity index is 345. The SMILES string of the molecule is NCCNC(=O)c1cc(Br)cnc1Cl. The lowest BCUT2D eigenvalue weighted by molar-refractivity contribution is 0.0954. The third-order valence-electron chi connectivity index (χ3n) is 1.48. The molecule has 6 heteroatoms. The Morgan fingerprint density at radius 2 is 2.43 bits per heavy atom. The van der Waals surface area contributed by atoms with Crippen LogP contribution in [-0.2, 0) is 0 Å². The Morgan fingerprint density at radius 1 is 1.71 bits per heavy atom. The number of rotatable bonds is 3. The van der Waals surface area contributed by atoms with Gasteiger partial charge in [-0.1, -0.05) is 11.6 Å². The standard InChI is InChI=1S/C8H9BrClN3O/c9-5-3-6(7(10)13-4-5)8(14)12-2-1-11/h3-4H,1-2,11H2,(H,12,14). The number of halogens is 2. The number of amides is 1. The Hall–Kier alpha value is -0.650. The van der Waals surface area contributed by atoms with Gasteiger partial charge in [0, 0.05) is 23.8 Å². The van der Waals surface area contributed by atoms with E-state index in [0.29, 0.717) is 23.1 Å². The lowest BCUT2D eigenvalue weighted by Crippen LogP contribution is -2.29. The van der Waals surface area contributed by atoms with Crippen molar-refractivity contribution in [3.8, 4) is 0 Å². The fourth-order valence-corrected chi connectivity index (χ4v) is 1.38. The van der Waals surface area contributed by atoms with Gasteiger partial charge < -0.3 is 11.1 Å². The number of hydrogen-bond acceptors (Lipinski definition) is 3. The summed E-state index contributed by atoms with van der Waals surface area (Å²) in [5, 5.41) is 2.79. The van der Waals surface area contributed by atoms with Gasteiger partial charge in [0.05, 0.1) is 5.56 Å². The summed E-state index contributed by atoms with van der Waals surface area (Å²) in [6.45, 7) is 0.812. The molecular formula is C8H9BrClN3O. The smallest absolute Gasteiger partial charge is 0.254 e. The second kappa shape index (κ2) is 5.29. The van der Waals surface area contributed by atoms with Crippen LogP contribution in [0.5, 0.6) is 0 Å². The zero-order chi connectivity index (χ0) is 10.6. The molecule has 4 nitrogen and oxygen atoms in total. The van der Waals surface area contributed by atoms with E-state index in [4.69, 9.17) is 17.3 Å². The Labute approximate surface area is 95.0 Å². The van der Waals surface area contributed by atoms with Crippen LogP contribution in [0.4, 0.5) is 0 Å². The quantitative estimate of drug-likeness (QED) is 0.816. The van der Waals surface area contributed by atoms with E-state index in [2.05, 4.69) is 26.2 Å². The number of pyridine rings is 1. The van der Waals surface area contributed by atoms with Gasteiger partial charge in [0.25, 0.3) is 5.91 Å². The second-order valence-electron chi connectivity index (χ2n) is 2.54. The molecule has 0 saturated heterocycles. The van der Waals surface area contributed by atoms with Crippen molar-refractivity contribution < 1.29 is 4.79 Å². The van der Waals surface area contributed by atoms with Gasteiger partial charge in [-0.15, -0.1) is 0 Å². The first kappa shape index (κ1) is 11.4. The minimum Gasteiger partial charge on any atom is -0.351 e. The summed E-state index contributed by atoms with van der Waals surface area (Å²) in [6, 6.07) is 1.61. The van der Waals surface area contributed by atoms with Crippen molar-refractivity contribution in [2.75, 3.05) is 13.1 Å². The summed E-state index contributed by atoms with van der Waals surface area (Å²) in [4.78, 5) is 15.3. The van der Waals surface area contributed by atoms with Gasteiger partial charge in [-0.05, 0) is 22.0 Å². The van der Waals surface area contributed by atoms with E-state index < -0.39 is 0 Å². The Kier molecular flexibility index (Phi) is 4.31. The predicted octanol–water partition coefficient (Wildman–Crippen LogP) is 1.19. The largest absolute Gasteiger partial charge is 0.351 e. The molecule has 1 aromatic heterocycles. The van der Waals surface area contributed by atoms with Gasteiger partial charge >= 0.3 is 0 Å². The van der Waals surface area contributed by atoms with E-state index >= 15 is 0 Å². The summed E-state index contributed by atoms with van der Waals surface area (Å²) >= 11 is 8.95. The number of nitrogens with one attached hydrogen (secondary N) is 1. The van der Waals surface area contributed by atoms with Crippen molar-refractivity contribution in [3.63, 3.8) is 0 Å². The topological polar surface area (TPSA) is 68.0 Å². The van der Waals surface area contributed by atoms with E-state index in [9.17, 15) is 4.79 Å². The first-order chi connectivity index (χ1) is 6.65. The highest BCUT2D eigenvalue weighted by Crippen LogP contribution is 2.17. The maximum Gasteiger partial charge on any atom is 0.254 e. The first-order valence-corrected chi connectivity index (χ1v) is 5.11. The molecule has 0 fully saturated rings. The van der Waals surface area contributed by atoms with Gasteiger partial charge in [-0.25, -0.2) is 4.98 Å². The van der Waals surface area contributed by atoms with Crippen molar-refractivity contribution in [1.82, 2.24) is 10.3 Å². The van der Waals surface area contributed by atoms with Gasteiger partial charge in [0.1, 0.15) is 5.15 Å². The van der Waals surface area contributed by atoms with E-state index in [0.717, 1.165) is 0 Å². The zero-order valence-corrected chi connectivity index (χ0v) is 9.60. The van der Waals surface area contributed by atoms with Crippen LogP contribution in [0.3, 0.4) is 0 Å². The molecule has 0 spiro atoms. The van der Waals surface area contributed by atoms with Gasteiger partial charge in [0.15, 0.2) is 0 Å². The summed E-state index contributed by atoms with van der Waals surface area (Å²) in [5.41, 5.74) is 5.59. The summed E-state index contributed by atoms with van der Waals surface area (Å²) in [7, 11) is 0. The highest BCUT2D eigenvalue weighted by molar-refractivity contribution is 9.10. The molecule has 0 saturated carbocycles. The third-order valence-corrected chi connectivity index (χ3v) is 2.22. The van der Waals surface area contributed by atoms with Crippen molar-refractivity contribution >= 4 is 33.4 Å². The molecule has 0 unspecified atom stereocenters. The van der Waals surface area contributed by atoms with Crippen molar-refractivity contribution in [2.45, 2.75) is 0 Å². The van der Waals surface area contributed by atoms with Gasteiger partial charge in [0.2, 0.25) is 0 Å². The van der Waals surface area contributed by atoms with Crippen LogP contribution in [-0.4, -0.2) is 24.0 Å². The minimum atomic E-state index is -0.269. The fraction of sp³-hybridized carbons (Fsp3) is 0.250. The summed E-state index contributed by atoms with van der Waals surface area (Å²) in [6.07, 6.45) is 1.53. The lowest BCUT2D eigenvalue weighted by Gasteiger charge is -2.04. The lowest BCUT2D eigenvalue weighted by atomic mass is 10.2. The molecule has 1 amide bonds. The van der Waals surface area contributed by atoms with Crippen LogP contribution in [0.2, 0.25) is 5.15 Å². The van der Waals surface area contributed by atoms with Gasteiger partial charge in [-0.3, -0.25) is 4.79 Å². The zero-order valence-electron chi connectivity index (χ0n) is 7.26. The van der Waals surface area contributed by atoms with Crippen LogP contribution < -0.4 is 11.1 Å². The number of carbonyl (C=O) groups excluding carboxylic acids is 1. The average Bonchev–Trinajstić information content (AvgIpc) is 2.18. The van der Waals surface area contributed by atoms with Crippen LogP contribution in [0, 0.1) is 0 Å². The molecule has 0 atom stereocenters.